The SMILES string of the molecule is COC(=O)/C=C/n1nnn(CCS(=O)(=O)CCn2nnn(/C=C/C(=O)OC)c2=O)c1=O.COC(=O)/C=C/n1nnn(CCSCCn2nnn(/C=C/C(=O)OC)c2=O)c1=O.COC(=O)/C=C/n1nnn(CS(=O)(=O)Cn2nnn(/C=C/C(=O)OC)c2=O)c1=O.COC(=O)/C=C/n1nnn(CS(=O)Cn2nnn(/C=C/C(=O)OC)c2=O)c1=O.COC(=O)/C=C/n1nnn(CSCn2nnn(/C=C/C(=O)OC)c2=O)c1=O. The molecule has 144 heavy (non-hydrogen) atoms. The highest BCUT2D eigenvalue weighted by molar-refractivity contribution is 7.99. The number of hydrogen-bond acceptors (Lipinski definition) is 57. The van der Waals surface area contributed by atoms with Gasteiger partial charge in [-0.15, -0.1) is 11.8 Å². The van der Waals surface area contributed by atoms with E-state index in [1.807, 2.05) is 0 Å². The average molecular weight is 2130 g/mol. The van der Waals surface area contributed by atoms with E-state index in [0.717, 1.165) is 238 Å². The smallest absolute Gasteiger partial charge is 0.368 e. The molecule has 0 aliphatic heterocycles. The minimum atomic E-state index is -4.12. The van der Waals surface area contributed by atoms with Gasteiger partial charge in [-0.3, -0.25) is 4.21 Å². The van der Waals surface area contributed by atoms with Crippen molar-refractivity contribution in [2.45, 2.75) is 61.4 Å². The van der Waals surface area contributed by atoms with Crippen LogP contribution in [0.25, 0.3) is 62.0 Å². The molecule has 10 heterocycles. The standard InChI is InChI=1S/C14H18N8O8S.C14H18N8O6S.C12H14N8O8S.C12H14N8O7S.C12H14N8O6S/c1-29-11(23)3-5-19-13(25)21(17-15-19)7-9-31(27,28)10-8-22-14(26)20(16-18-22)6-4-12(24)30-2;1-27-11(23)3-5-19-13(25)21(17-15-19)7-9-29-10-8-22-14(26)20(16-18-22)6-4-12(24)28-2;1-27-9(21)3-5-17-11(23)19(15-13-17)7-29(25,26)8-20-12(24)18(14-16-20)6-4-10(22)28-2;1-26-9(21)3-5-17-11(23)19(15-13-17)7-28(25)8-20-12(24)18(14-16-20)6-4-10(22)27-2;1-25-9(21)3-5-17-11(23)19(15-13-17)7-27-8-20-12(24)18(14-16-20)6-4-10(22)26-2/h3-6H,7-10H2,1-2H3;3-6H,7-10H2,1-2H3;3-6H,7-8H2,1-2H3;3-6H,7-8H2,1-2H3;3-6H,7-8H2,1-2H3/b5*5-3+,6-4+. The van der Waals surface area contributed by atoms with Crippen molar-refractivity contribution >= 4 is 176 Å². The van der Waals surface area contributed by atoms with Gasteiger partial charge in [0.2, 0.25) is 0 Å². The van der Waals surface area contributed by atoms with E-state index < -0.39 is 170 Å². The van der Waals surface area contributed by atoms with Gasteiger partial charge >= 0.3 is 117 Å². The summed E-state index contributed by atoms with van der Waals surface area (Å²) in [6, 6.07) is 0. The van der Waals surface area contributed by atoms with Gasteiger partial charge in [-0.2, -0.15) is 105 Å². The van der Waals surface area contributed by atoms with Gasteiger partial charge < -0.3 is 47.4 Å². The number of methoxy groups -OCH3 is 10. The molecule has 0 aliphatic carbocycles. The van der Waals surface area contributed by atoms with E-state index >= 15 is 0 Å². The maximum Gasteiger partial charge on any atom is 0.368 e. The lowest BCUT2D eigenvalue weighted by atomic mass is 10.6. The summed E-state index contributed by atoms with van der Waals surface area (Å²) in [4.78, 5) is 230. The number of hydrogen-bond donors (Lipinski definition) is 0. The maximum absolute atomic E-state index is 12.3. The van der Waals surface area contributed by atoms with Crippen molar-refractivity contribution in [1.82, 2.24) is 198 Å². The van der Waals surface area contributed by atoms with Crippen LogP contribution in [0, 0.1) is 0 Å². The number of sulfone groups is 2. The Morgan fingerprint density at radius 1 is 0.236 bits per heavy atom. The van der Waals surface area contributed by atoms with Crippen molar-refractivity contribution in [3.8, 4) is 0 Å². The molecular formula is C64H78N40O35S5. The molecule has 0 N–H and O–H groups in total. The molecular weight excluding hydrogens is 2050 g/mol. The lowest BCUT2D eigenvalue weighted by molar-refractivity contribution is -0.135. The molecule has 0 radical (unpaired) electrons. The molecule has 0 saturated carbocycles. The van der Waals surface area contributed by atoms with E-state index in [0.29, 0.717) is 43.3 Å². The first kappa shape index (κ1) is 114. The maximum atomic E-state index is 12.3. The van der Waals surface area contributed by atoms with Gasteiger partial charge in [0.25, 0.3) is 0 Å². The second-order valence-corrected chi connectivity index (χ2v) is 33.1. The molecule has 10 aromatic heterocycles. The first-order valence-corrected chi connectivity index (χ1v) is 45.8. The largest absolute Gasteiger partial charge is 0.466 e. The summed E-state index contributed by atoms with van der Waals surface area (Å²) in [5.74, 6) is -9.20. The highest BCUT2D eigenvalue weighted by Gasteiger charge is 2.23. The van der Waals surface area contributed by atoms with Crippen molar-refractivity contribution in [2.75, 3.05) is 94.1 Å². The summed E-state index contributed by atoms with van der Waals surface area (Å²) < 4.78 is 121. The number of ether oxygens (including phenoxy) is 10. The van der Waals surface area contributed by atoms with Crippen LogP contribution in [0.1, 0.15) is 0 Å². The number of nitrogens with zero attached hydrogens (tertiary/aromatic N) is 40. The van der Waals surface area contributed by atoms with Gasteiger partial charge in [0.05, 0.1) is 131 Å². The third kappa shape index (κ3) is 36.5. The molecule has 10 rings (SSSR count). The monoisotopic (exact) mass is 2130 g/mol. The Morgan fingerprint density at radius 3 is 0.611 bits per heavy atom. The van der Waals surface area contributed by atoms with Gasteiger partial charge in [0, 0.05) is 134 Å². The molecule has 0 amide bonds. The molecule has 0 aromatic carbocycles. The molecule has 0 saturated heterocycles. The Labute approximate surface area is 807 Å². The lowest BCUT2D eigenvalue weighted by Gasteiger charge is -2.03. The number of aryl methyl sites for hydroxylation is 4. The first-order chi connectivity index (χ1) is 68.6. The topological polar surface area (TPSA) is 875 Å². The molecule has 0 aliphatic rings. The number of carbonyl (C=O) groups excluding carboxylic acids is 10. The molecule has 0 atom stereocenters. The van der Waals surface area contributed by atoms with Gasteiger partial charge in [0.15, 0.2) is 31.4 Å². The van der Waals surface area contributed by atoms with Crippen LogP contribution < -0.4 is 56.9 Å². The van der Waals surface area contributed by atoms with Crippen LogP contribution in [-0.4, -0.2) is 373 Å². The summed E-state index contributed by atoms with van der Waals surface area (Å²) >= 11 is 2.60. The third-order valence-corrected chi connectivity index (χ3v) is 21.6. The molecule has 10 aromatic rings. The number of aromatic nitrogens is 40. The van der Waals surface area contributed by atoms with Crippen LogP contribution in [0.15, 0.2) is 109 Å². The summed E-state index contributed by atoms with van der Waals surface area (Å²) in [6.07, 6.45) is 20.3. The third-order valence-electron chi connectivity index (χ3n) is 15.9. The fraction of sp³-hybridized carbons (Fsp3) is 0.375. The van der Waals surface area contributed by atoms with Crippen LogP contribution in [0.3, 0.4) is 0 Å². The van der Waals surface area contributed by atoms with Crippen molar-refractivity contribution in [1.29, 1.82) is 0 Å². The van der Waals surface area contributed by atoms with Crippen LogP contribution >= 0.6 is 23.5 Å². The highest BCUT2D eigenvalue weighted by Crippen LogP contribution is 2.06. The Bertz CT molecular complexity index is 7050. The second kappa shape index (κ2) is 57.1. The predicted octanol–water partition coefficient (Wildman–Crippen LogP) is -14.3. The molecule has 0 fully saturated rings. The predicted molar refractivity (Wildman–Crippen MR) is 477 cm³/mol. The Hall–Kier alpha value is -18.4. The second-order valence-electron chi connectivity index (χ2n) is 25.3. The van der Waals surface area contributed by atoms with Crippen molar-refractivity contribution < 1.29 is 116 Å². The summed E-state index contributed by atoms with van der Waals surface area (Å²) in [6.45, 7) is -0.00852. The molecule has 0 bridgehead atoms. The lowest BCUT2D eigenvalue weighted by Crippen LogP contribution is -2.31. The summed E-state index contributed by atoms with van der Waals surface area (Å²) in [7, 11) is 2.13. The summed E-state index contributed by atoms with van der Waals surface area (Å²) in [5, 5.41) is 70.7. The van der Waals surface area contributed by atoms with Crippen molar-refractivity contribution in [2.24, 2.45) is 0 Å². The molecule has 0 unspecified atom stereocenters. The number of carbonyl (C=O) groups is 10. The number of rotatable bonds is 44. The van der Waals surface area contributed by atoms with E-state index in [1.165, 1.54) is 54.4 Å². The zero-order valence-electron chi connectivity index (χ0n) is 75.7. The number of thioether (sulfide) groups is 2. The van der Waals surface area contributed by atoms with Crippen molar-refractivity contribution in [3.63, 3.8) is 0 Å². The molecule has 774 valence electrons. The zero-order valence-corrected chi connectivity index (χ0v) is 79.7. The van der Waals surface area contributed by atoms with E-state index in [2.05, 4.69) is 152 Å². The highest BCUT2D eigenvalue weighted by atomic mass is 32.2. The molecule has 80 heteroatoms. The number of esters is 10. The van der Waals surface area contributed by atoms with Gasteiger partial charge in [-0.25, -0.2) is 113 Å². The average Bonchev–Trinajstić information content (AvgIpc) is 1.68. The minimum absolute atomic E-state index is 0.0716. The normalized spacial score (nSPS) is 11.6. The van der Waals surface area contributed by atoms with E-state index in [9.17, 15) is 117 Å². The fourth-order valence-corrected chi connectivity index (χ4v) is 13.5. The molecule has 75 nitrogen and oxygen atoms in total. The van der Waals surface area contributed by atoms with Gasteiger partial charge in [-0.1, -0.05) is 0 Å². The Morgan fingerprint density at radius 2 is 0.403 bits per heavy atom. The molecule has 0 spiro atoms. The van der Waals surface area contributed by atoms with Crippen LogP contribution in [-0.2, 0) is 187 Å². The first-order valence-electron chi connectivity index (χ1n) is 38.4. The van der Waals surface area contributed by atoms with E-state index in [-0.39, 0.29) is 36.6 Å². The van der Waals surface area contributed by atoms with Crippen LogP contribution in [0.2, 0.25) is 0 Å². The fourth-order valence-electron chi connectivity index (χ4n) is 8.74. The number of tetrazole rings is 10. The van der Waals surface area contributed by atoms with Crippen LogP contribution in [0.5, 0.6) is 0 Å². The Kier molecular flexibility index (Phi) is 45.3. The van der Waals surface area contributed by atoms with Crippen molar-refractivity contribution in [3.05, 3.63) is 166 Å². The van der Waals surface area contributed by atoms with E-state index in [1.54, 1.807) is 0 Å². The van der Waals surface area contributed by atoms with Crippen LogP contribution in [0.4, 0.5) is 0 Å². The Balaban J connectivity index is 0.000000275. The summed E-state index contributed by atoms with van der Waals surface area (Å²) in [5.41, 5.74) is -7.10. The van der Waals surface area contributed by atoms with E-state index in [4.69, 9.17) is 0 Å². The van der Waals surface area contributed by atoms with Gasteiger partial charge in [0.1, 0.15) is 11.8 Å². The van der Waals surface area contributed by atoms with Gasteiger partial charge in [-0.05, 0) is 104 Å². The minimum Gasteiger partial charge on any atom is -0.466 e. The quantitative estimate of drug-likeness (QED) is 0.0148. The zero-order chi connectivity index (χ0) is 106.